The molecule has 0 saturated carbocycles. The van der Waals surface area contributed by atoms with Crippen molar-refractivity contribution in [1.29, 1.82) is 0 Å². The van der Waals surface area contributed by atoms with Crippen LogP contribution in [0.1, 0.15) is 167 Å². The molecule has 0 amide bonds. The predicted molar refractivity (Wildman–Crippen MR) is 162 cm³/mol. The first-order valence-corrected chi connectivity index (χ1v) is 16.2. The van der Waals surface area contributed by atoms with Crippen molar-refractivity contribution in [3.05, 3.63) is 48.0 Å². The molecule has 208 valence electrons. The van der Waals surface area contributed by atoms with Gasteiger partial charge in [-0.25, -0.2) is 0 Å². The normalized spacial score (nSPS) is 12.5. The van der Waals surface area contributed by atoms with E-state index in [4.69, 9.17) is 0 Å². The minimum absolute atomic E-state index is 0.179. The lowest BCUT2D eigenvalue weighted by Crippen LogP contribution is -2.10. The summed E-state index contributed by atoms with van der Waals surface area (Å²) in [6.07, 6.45) is 38.4. The molecular weight excluding hydrogens is 436 g/mol. The third-order valence-corrected chi connectivity index (χ3v) is 7.61. The number of aliphatic hydroxyl groups is 1. The van der Waals surface area contributed by atoms with Crippen LogP contribution in [0.3, 0.4) is 0 Å². The molecule has 0 heterocycles. The average Bonchev–Trinajstić information content (AvgIpc) is 2.89. The molecule has 0 radical (unpaired) electrons. The van der Waals surface area contributed by atoms with E-state index in [1.54, 1.807) is 0 Å². The lowest BCUT2D eigenvalue weighted by molar-refractivity contribution is 0.161. The molecule has 1 heteroatoms. The molecular formula is C35H62O. The molecule has 1 rings (SSSR count). The number of aliphatic hydroxyl groups excluding tert-OH is 1. The van der Waals surface area contributed by atoms with E-state index in [-0.39, 0.29) is 6.10 Å². The van der Waals surface area contributed by atoms with Crippen molar-refractivity contribution in [2.45, 2.75) is 174 Å². The highest BCUT2D eigenvalue weighted by Gasteiger charge is 2.04. The molecule has 0 bridgehead atoms. The third-order valence-electron chi connectivity index (χ3n) is 7.61. The van der Waals surface area contributed by atoms with E-state index in [0.29, 0.717) is 0 Å². The first kappa shape index (κ1) is 32.9. The smallest absolute Gasteiger partial charge is 0.0580 e. The summed E-state index contributed by atoms with van der Waals surface area (Å²) in [4.78, 5) is 0. The summed E-state index contributed by atoms with van der Waals surface area (Å²) in [5.74, 6) is 0. The molecule has 1 nitrogen and oxygen atoms in total. The SMILES string of the molecule is CCCCCCCCCCCCCCCCCC=CCCCCCCCCC(O)Cc1ccccc1. The summed E-state index contributed by atoms with van der Waals surface area (Å²) < 4.78 is 0. The van der Waals surface area contributed by atoms with Gasteiger partial charge in [-0.1, -0.05) is 171 Å². The van der Waals surface area contributed by atoms with Gasteiger partial charge < -0.3 is 5.11 Å². The van der Waals surface area contributed by atoms with Gasteiger partial charge in [0.05, 0.1) is 6.10 Å². The molecule has 0 aliphatic rings. The van der Waals surface area contributed by atoms with Gasteiger partial charge in [0, 0.05) is 0 Å². The number of rotatable bonds is 27. The molecule has 0 fully saturated rings. The first-order valence-electron chi connectivity index (χ1n) is 16.2. The highest BCUT2D eigenvalue weighted by Crippen LogP contribution is 2.15. The Morgan fingerprint density at radius 3 is 1.36 bits per heavy atom. The van der Waals surface area contributed by atoms with Crippen LogP contribution in [0.2, 0.25) is 0 Å². The molecule has 36 heavy (non-hydrogen) atoms. The summed E-state index contributed by atoms with van der Waals surface area (Å²) in [7, 11) is 0. The number of hydrogen-bond donors (Lipinski definition) is 1. The topological polar surface area (TPSA) is 20.2 Å². The Morgan fingerprint density at radius 2 is 0.917 bits per heavy atom. The maximum Gasteiger partial charge on any atom is 0.0580 e. The lowest BCUT2D eigenvalue weighted by atomic mass is 10.0. The van der Waals surface area contributed by atoms with Crippen LogP contribution in [0.4, 0.5) is 0 Å². The second kappa shape index (κ2) is 27.0. The van der Waals surface area contributed by atoms with Crippen molar-refractivity contribution < 1.29 is 5.11 Å². The monoisotopic (exact) mass is 498 g/mol. The molecule has 1 N–H and O–H groups in total. The van der Waals surface area contributed by atoms with Crippen LogP contribution in [0.15, 0.2) is 42.5 Å². The minimum atomic E-state index is -0.179. The third kappa shape index (κ3) is 23.3. The van der Waals surface area contributed by atoms with Gasteiger partial charge in [0.2, 0.25) is 0 Å². The van der Waals surface area contributed by atoms with Gasteiger partial charge in [0.1, 0.15) is 0 Å². The van der Waals surface area contributed by atoms with Crippen LogP contribution in [-0.4, -0.2) is 11.2 Å². The molecule has 0 aliphatic heterocycles. The van der Waals surface area contributed by atoms with Crippen LogP contribution in [-0.2, 0) is 6.42 Å². The quantitative estimate of drug-likeness (QED) is 0.0944. The van der Waals surface area contributed by atoms with Crippen LogP contribution < -0.4 is 0 Å². The Morgan fingerprint density at radius 1 is 0.528 bits per heavy atom. The van der Waals surface area contributed by atoms with Gasteiger partial charge in [-0.05, 0) is 44.1 Å². The Kier molecular flexibility index (Phi) is 24.7. The van der Waals surface area contributed by atoms with Crippen molar-refractivity contribution in [3.63, 3.8) is 0 Å². The summed E-state index contributed by atoms with van der Waals surface area (Å²) in [5.41, 5.74) is 1.25. The average molecular weight is 499 g/mol. The Balaban J connectivity index is 1.71. The van der Waals surface area contributed by atoms with Gasteiger partial charge in [-0.15, -0.1) is 0 Å². The zero-order valence-corrected chi connectivity index (χ0v) is 24.2. The van der Waals surface area contributed by atoms with Gasteiger partial charge >= 0.3 is 0 Å². The molecule has 0 saturated heterocycles. The van der Waals surface area contributed by atoms with Gasteiger partial charge in [0.25, 0.3) is 0 Å². The van der Waals surface area contributed by atoms with Crippen molar-refractivity contribution in [3.8, 4) is 0 Å². The van der Waals surface area contributed by atoms with Gasteiger partial charge in [0.15, 0.2) is 0 Å². The Hall–Kier alpha value is -1.08. The molecule has 0 aliphatic carbocycles. The molecule has 1 unspecified atom stereocenters. The van der Waals surface area contributed by atoms with Crippen LogP contribution in [0.25, 0.3) is 0 Å². The first-order chi connectivity index (χ1) is 17.8. The number of unbranched alkanes of at least 4 members (excludes halogenated alkanes) is 21. The Labute approximate surface area is 226 Å². The fourth-order valence-corrected chi connectivity index (χ4v) is 5.21. The fraction of sp³-hybridized carbons (Fsp3) is 0.771. The van der Waals surface area contributed by atoms with E-state index in [1.807, 2.05) is 6.07 Å². The summed E-state index contributed by atoms with van der Waals surface area (Å²) in [6, 6.07) is 10.4. The number of allylic oxidation sites excluding steroid dienone is 2. The van der Waals surface area contributed by atoms with Crippen molar-refractivity contribution >= 4 is 0 Å². The minimum Gasteiger partial charge on any atom is -0.393 e. The van der Waals surface area contributed by atoms with Crippen molar-refractivity contribution in [2.24, 2.45) is 0 Å². The molecule has 1 atom stereocenters. The molecule has 1 aromatic carbocycles. The molecule has 0 aromatic heterocycles. The van der Waals surface area contributed by atoms with E-state index in [9.17, 15) is 5.11 Å². The number of hydrogen-bond acceptors (Lipinski definition) is 1. The predicted octanol–water partition coefficient (Wildman–Crippen LogP) is 11.5. The summed E-state index contributed by atoms with van der Waals surface area (Å²) in [6.45, 7) is 2.30. The molecule has 0 spiro atoms. The summed E-state index contributed by atoms with van der Waals surface area (Å²) >= 11 is 0. The number of benzene rings is 1. The van der Waals surface area contributed by atoms with E-state index < -0.39 is 0 Å². The maximum atomic E-state index is 10.2. The molecule has 1 aromatic rings. The van der Waals surface area contributed by atoms with Crippen molar-refractivity contribution in [2.75, 3.05) is 0 Å². The van der Waals surface area contributed by atoms with Crippen LogP contribution >= 0.6 is 0 Å². The van der Waals surface area contributed by atoms with Crippen LogP contribution in [0, 0.1) is 0 Å². The standard InChI is InChI=1S/C35H62O/c1-2-3-4-5-6-7-8-9-10-11-12-13-14-15-16-17-18-19-20-21-22-23-24-25-29-32-35(36)33-34-30-27-26-28-31-34/h18-19,26-28,30-31,35-36H,2-17,20-25,29,32-33H2,1H3. The zero-order chi connectivity index (χ0) is 25.8. The van der Waals surface area contributed by atoms with E-state index in [2.05, 4.69) is 43.3 Å². The van der Waals surface area contributed by atoms with Gasteiger partial charge in [-0.2, -0.15) is 0 Å². The second-order valence-electron chi connectivity index (χ2n) is 11.3. The highest BCUT2D eigenvalue weighted by molar-refractivity contribution is 5.15. The van der Waals surface area contributed by atoms with E-state index in [1.165, 1.54) is 147 Å². The van der Waals surface area contributed by atoms with Crippen molar-refractivity contribution in [1.82, 2.24) is 0 Å². The zero-order valence-electron chi connectivity index (χ0n) is 24.2. The van der Waals surface area contributed by atoms with Crippen LogP contribution in [0.5, 0.6) is 0 Å². The van der Waals surface area contributed by atoms with E-state index >= 15 is 0 Å². The van der Waals surface area contributed by atoms with E-state index in [0.717, 1.165) is 19.3 Å². The largest absolute Gasteiger partial charge is 0.393 e. The highest BCUT2D eigenvalue weighted by atomic mass is 16.3. The lowest BCUT2D eigenvalue weighted by Gasteiger charge is -2.10. The maximum absolute atomic E-state index is 10.2. The summed E-state index contributed by atoms with van der Waals surface area (Å²) in [5, 5.41) is 10.2. The van der Waals surface area contributed by atoms with Gasteiger partial charge in [-0.3, -0.25) is 0 Å². The second-order valence-corrected chi connectivity index (χ2v) is 11.3. The Bertz CT molecular complexity index is 563. The fourth-order valence-electron chi connectivity index (χ4n) is 5.21.